The van der Waals surface area contributed by atoms with Crippen molar-refractivity contribution in [3.05, 3.63) is 42.1 Å². The maximum absolute atomic E-state index is 5.46. The minimum Gasteiger partial charge on any atom is -0.496 e. The van der Waals surface area contributed by atoms with E-state index in [9.17, 15) is 0 Å². The molecule has 0 aliphatic carbocycles. The molecule has 2 aromatic rings. The molecule has 1 aliphatic rings. The van der Waals surface area contributed by atoms with Crippen LogP contribution in [0, 0.1) is 0 Å². The van der Waals surface area contributed by atoms with E-state index in [-0.39, 0.29) is 0 Å². The summed E-state index contributed by atoms with van der Waals surface area (Å²) in [5.41, 5.74) is 1.25. The Labute approximate surface area is 149 Å². The van der Waals surface area contributed by atoms with Gasteiger partial charge in [0, 0.05) is 51.5 Å². The molecule has 0 unspecified atom stereocenters. The van der Waals surface area contributed by atoms with Gasteiger partial charge in [-0.15, -0.1) is 0 Å². The number of hydrogen-bond acceptors (Lipinski definition) is 6. The molecular formula is C19H27N5O. The van der Waals surface area contributed by atoms with E-state index in [2.05, 4.69) is 32.3 Å². The molecule has 6 heteroatoms. The van der Waals surface area contributed by atoms with Crippen LogP contribution in [0.1, 0.15) is 18.4 Å². The monoisotopic (exact) mass is 341 g/mol. The summed E-state index contributed by atoms with van der Waals surface area (Å²) in [6.07, 6.45) is 4.02. The predicted octanol–water partition coefficient (Wildman–Crippen LogP) is 2.63. The highest BCUT2D eigenvalue weighted by Crippen LogP contribution is 2.22. The highest BCUT2D eigenvalue weighted by Gasteiger charge is 2.20. The minimum atomic E-state index is 0.457. The van der Waals surface area contributed by atoms with Crippen LogP contribution in [0.2, 0.25) is 0 Å². The molecule has 6 nitrogen and oxygen atoms in total. The Morgan fingerprint density at radius 1 is 1.20 bits per heavy atom. The van der Waals surface area contributed by atoms with Crippen molar-refractivity contribution >= 4 is 11.8 Å². The van der Waals surface area contributed by atoms with Gasteiger partial charge in [0.2, 0.25) is 5.95 Å². The second kappa shape index (κ2) is 8.16. The second-order valence-electron chi connectivity index (χ2n) is 6.64. The van der Waals surface area contributed by atoms with Crippen molar-refractivity contribution < 1.29 is 4.74 Å². The largest absolute Gasteiger partial charge is 0.496 e. The van der Waals surface area contributed by atoms with Gasteiger partial charge >= 0.3 is 0 Å². The predicted molar refractivity (Wildman–Crippen MR) is 101 cm³/mol. The molecule has 134 valence electrons. The Morgan fingerprint density at radius 3 is 2.68 bits per heavy atom. The van der Waals surface area contributed by atoms with Gasteiger partial charge in [0.25, 0.3) is 0 Å². The van der Waals surface area contributed by atoms with Gasteiger partial charge in [0.1, 0.15) is 11.6 Å². The van der Waals surface area contributed by atoms with E-state index < -0.39 is 0 Å². The van der Waals surface area contributed by atoms with Gasteiger partial charge in [-0.3, -0.25) is 4.90 Å². The first kappa shape index (κ1) is 17.5. The smallest absolute Gasteiger partial charge is 0.226 e. The zero-order chi connectivity index (χ0) is 17.6. The number of hydrogen-bond donors (Lipinski definition) is 1. The summed E-state index contributed by atoms with van der Waals surface area (Å²) in [4.78, 5) is 13.2. The van der Waals surface area contributed by atoms with Crippen LogP contribution >= 0.6 is 0 Å². The van der Waals surface area contributed by atoms with Crippen molar-refractivity contribution in [2.45, 2.75) is 25.4 Å². The van der Waals surface area contributed by atoms with E-state index >= 15 is 0 Å². The number of rotatable bonds is 6. The summed E-state index contributed by atoms with van der Waals surface area (Å²) in [5.74, 6) is 2.61. The van der Waals surface area contributed by atoms with Gasteiger partial charge in [-0.05, 0) is 25.0 Å². The first-order valence-corrected chi connectivity index (χ1v) is 8.77. The van der Waals surface area contributed by atoms with Gasteiger partial charge < -0.3 is 15.0 Å². The van der Waals surface area contributed by atoms with E-state index in [1.165, 1.54) is 5.56 Å². The normalized spacial score (nSPS) is 15.8. The number of para-hydroxylation sites is 1. The molecule has 0 atom stereocenters. The molecule has 1 saturated heterocycles. The molecule has 0 saturated carbocycles. The molecule has 1 aliphatic heterocycles. The van der Waals surface area contributed by atoms with Crippen LogP contribution in [0.4, 0.5) is 11.8 Å². The number of nitrogens with zero attached hydrogens (tertiary/aromatic N) is 4. The lowest BCUT2D eigenvalue weighted by Crippen LogP contribution is -2.38. The molecule has 1 aromatic carbocycles. The molecule has 25 heavy (non-hydrogen) atoms. The highest BCUT2D eigenvalue weighted by atomic mass is 16.5. The van der Waals surface area contributed by atoms with Gasteiger partial charge in [0.05, 0.1) is 7.11 Å². The van der Waals surface area contributed by atoms with E-state index in [1.807, 2.05) is 43.4 Å². The van der Waals surface area contributed by atoms with Crippen molar-refractivity contribution in [1.82, 2.24) is 14.9 Å². The van der Waals surface area contributed by atoms with Crippen LogP contribution in [0.25, 0.3) is 0 Å². The lowest BCUT2D eigenvalue weighted by Gasteiger charge is -2.33. The number of piperidine rings is 1. The zero-order valence-corrected chi connectivity index (χ0v) is 15.3. The van der Waals surface area contributed by atoms with Crippen LogP contribution in [0.5, 0.6) is 5.75 Å². The molecule has 0 spiro atoms. The fourth-order valence-electron chi connectivity index (χ4n) is 3.16. The van der Waals surface area contributed by atoms with E-state index in [0.29, 0.717) is 6.04 Å². The van der Waals surface area contributed by atoms with E-state index in [1.54, 1.807) is 7.11 Å². The molecule has 1 N–H and O–H groups in total. The average molecular weight is 341 g/mol. The topological polar surface area (TPSA) is 53.5 Å². The van der Waals surface area contributed by atoms with Crippen molar-refractivity contribution in [3.63, 3.8) is 0 Å². The summed E-state index contributed by atoms with van der Waals surface area (Å²) in [6.45, 7) is 3.08. The van der Waals surface area contributed by atoms with Crippen molar-refractivity contribution in [2.75, 3.05) is 44.5 Å². The van der Waals surface area contributed by atoms with Gasteiger partial charge in [-0.2, -0.15) is 4.98 Å². The van der Waals surface area contributed by atoms with E-state index in [0.717, 1.165) is 50.0 Å². The quantitative estimate of drug-likeness (QED) is 0.872. The third-order valence-electron chi connectivity index (χ3n) is 4.57. The van der Waals surface area contributed by atoms with Crippen LogP contribution in [-0.2, 0) is 6.54 Å². The van der Waals surface area contributed by atoms with Crippen molar-refractivity contribution in [1.29, 1.82) is 0 Å². The maximum Gasteiger partial charge on any atom is 0.226 e. The standard InChI is InChI=1S/C19H27N5O/c1-23(2)19-20-11-8-18(22-19)21-16-9-12-24(13-10-16)14-15-6-4-5-7-17(15)25-3/h4-8,11,16H,9-10,12-14H2,1-3H3,(H,20,21,22). The van der Waals surface area contributed by atoms with Crippen LogP contribution in [0.3, 0.4) is 0 Å². The molecule has 3 rings (SSSR count). The number of ether oxygens (including phenoxy) is 1. The summed E-state index contributed by atoms with van der Waals surface area (Å²) in [5, 5.41) is 3.55. The fourth-order valence-corrected chi connectivity index (χ4v) is 3.16. The molecule has 2 heterocycles. The number of methoxy groups -OCH3 is 1. The number of likely N-dealkylation sites (tertiary alicyclic amines) is 1. The maximum atomic E-state index is 5.46. The van der Waals surface area contributed by atoms with Crippen LogP contribution in [0.15, 0.2) is 36.5 Å². The van der Waals surface area contributed by atoms with Crippen LogP contribution in [-0.4, -0.2) is 55.2 Å². The summed E-state index contributed by atoms with van der Waals surface area (Å²) in [7, 11) is 5.64. The Morgan fingerprint density at radius 2 is 1.96 bits per heavy atom. The zero-order valence-electron chi connectivity index (χ0n) is 15.3. The fraction of sp³-hybridized carbons (Fsp3) is 0.474. The number of benzene rings is 1. The minimum absolute atomic E-state index is 0.457. The Bertz CT molecular complexity index is 683. The Hall–Kier alpha value is -2.34. The van der Waals surface area contributed by atoms with Gasteiger partial charge in [0.15, 0.2) is 0 Å². The number of aromatic nitrogens is 2. The number of anilines is 2. The van der Waals surface area contributed by atoms with Crippen molar-refractivity contribution in [3.8, 4) is 5.75 Å². The van der Waals surface area contributed by atoms with Crippen molar-refractivity contribution in [2.24, 2.45) is 0 Å². The summed E-state index contributed by atoms with van der Waals surface area (Å²) in [6, 6.07) is 10.7. The third-order valence-corrected chi connectivity index (χ3v) is 4.57. The molecular weight excluding hydrogens is 314 g/mol. The van der Waals surface area contributed by atoms with Crippen LogP contribution < -0.4 is 15.0 Å². The second-order valence-corrected chi connectivity index (χ2v) is 6.64. The molecule has 0 radical (unpaired) electrons. The first-order valence-electron chi connectivity index (χ1n) is 8.77. The molecule has 0 amide bonds. The summed E-state index contributed by atoms with van der Waals surface area (Å²) >= 11 is 0. The average Bonchev–Trinajstić information content (AvgIpc) is 2.64. The summed E-state index contributed by atoms with van der Waals surface area (Å²) < 4.78 is 5.46. The van der Waals surface area contributed by atoms with Gasteiger partial charge in [-0.25, -0.2) is 4.98 Å². The lowest BCUT2D eigenvalue weighted by atomic mass is 10.0. The SMILES string of the molecule is COc1ccccc1CN1CCC(Nc2ccnc(N(C)C)n2)CC1. The Balaban J connectivity index is 1.53. The Kier molecular flexibility index (Phi) is 5.71. The highest BCUT2D eigenvalue weighted by molar-refractivity contribution is 5.41. The van der Waals surface area contributed by atoms with E-state index in [4.69, 9.17) is 4.74 Å². The molecule has 1 aromatic heterocycles. The third kappa shape index (κ3) is 4.60. The first-order chi connectivity index (χ1) is 12.2. The number of nitrogens with one attached hydrogen (secondary N) is 1. The van der Waals surface area contributed by atoms with Gasteiger partial charge in [-0.1, -0.05) is 18.2 Å². The molecule has 0 bridgehead atoms. The molecule has 1 fully saturated rings. The lowest BCUT2D eigenvalue weighted by molar-refractivity contribution is 0.209.